The van der Waals surface area contributed by atoms with Gasteiger partial charge < -0.3 is 4.74 Å². The molecule has 6 heteroatoms. The van der Waals surface area contributed by atoms with Crippen LogP contribution in [0.2, 0.25) is 0 Å². The first kappa shape index (κ1) is 17.8. The number of hydrogen-bond acceptors (Lipinski definition) is 3. The minimum atomic E-state index is -3.71. The minimum Gasteiger partial charge on any atom is -0.495 e. The third kappa shape index (κ3) is 4.72. The molecule has 2 rings (SSSR count). The van der Waals surface area contributed by atoms with Crippen molar-refractivity contribution in [1.29, 1.82) is 0 Å². The quantitative estimate of drug-likeness (QED) is 0.742. The van der Waals surface area contributed by atoms with Crippen LogP contribution in [-0.4, -0.2) is 15.5 Å². The van der Waals surface area contributed by atoms with Crippen LogP contribution in [0.15, 0.2) is 51.8 Å². The van der Waals surface area contributed by atoms with Gasteiger partial charge in [-0.3, -0.25) is 4.72 Å². The Morgan fingerprint density at radius 2 is 1.83 bits per heavy atom. The number of ether oxygens (including phenoxy) is 1. The number of hydrogen-bond donors (Lipinski definition) is 1. The maximum Gasteiger partial charge on any atom is 0.265 e. The lowest BCUT2D eigenvalue weighted by Gasteiger charge is -2.12. The number of rotatable bonds is 7. The van der Waals surface area contributed by atoms with Gasteiger partial charge in [-0.15, -0.1) is 0 Å². The van der Waals surface area contributed by atoms with Crippen molar-refractivity contribution in [3.05, 3.63) is 52.5 Å². The zero-order valence-electron chi connectivity index (χ0n) is 13.2. The van der Waals surface area contributed by atoms with E-state index in [9.17, 15) is 8.42 Å². The number of methoxy groups -OCH3 is 1. The van der Waals surface area contributed by atoms with Crippen molar-refractivity contribution < 1.29 is 13.2 Å². The van der Waals surface area contributed by atoms with E-state index in [1.54, 1.807) is 24.3 Å². The highest BCUT2D eigenvalue weighted by atomic mass is 79.9. The van der Waals surface area contributed by atoms with Crippen molar-refractivity contribution in [2.45, 2.75) is 31.1 Å². The summed E-state index contributed by atoms with van der Waals surface area (Å²) in [6.07, 6.45) is 3.26. The summed E-state index contributed by atoms with van der Waals surface area (Å²) < 4.78 is 33.6. The lowest BCUT2D eigenvalue weighted by atomic mass is 10.1. The van der Waals surface area contributed by atoms with Crippen molar-refractivity contribution in [2.75, 3.05) is 11.8 Å². The second-order valence-electron chi connectivity index (χ2n) is 5.20. The van der Waals surface area contributed by atoms with Gasteiger partial charge in [0.25, 0.3) is 10.0 Å². The molecule has 23 heavy (non-hydrogen) atoms. The van der Waals surface area contributed by atoms with E-state index in [1.165, 1.54) is 18.7 Å². The van der Waals surface area contributed by atoms with Gasteiger partial charge in [-0.2, -0.15) is 0 Å². The van der Waals surface area contributed by atoms with E-state index in [0.29, 0.717) is 15.9 Å². The van der Waals surface area contributed by atoms with Gasteiger partial charge in [-0.05, 0) is 48.7 Å². The highest BCUT2D eigenvalue weighted by Crippen LogP contribution is 2.29. The lowest BCUT2D eigenvalue weighted by molar-refractivity contribution is 0.403. The summed E-state index contributed by atoms with van der Waals surface area (Å²) >= 11 is 3.29. The van der Waals surface area contributed by atoms with Gasteiger partial charge in [0.2, 0.25) is 0 Å². The molecule has 0 atom stereocenters. The Bertz CT molecular complexity index is 758. The van der Waals surface area contributed by atoms with E-state index in [-0.39, 0.29) is 4.90 Å². The number of benzene rings is 2. The molecule has 0 saturated carbocycles. The summed E-state index contributed by atoms with van der Waals surface area (Å²) in [5.74, 6) is 0.306. The molecule has 124 valence electrons. The smallest absolute Gasteiger partial charge is 0.265 e. The summed E-state index contributed by atoms with van der Waals surface area (Å²) in [6.45, 7) is 2.15. The molecular weight excluding hydrogens is 378 g/mol. The molecule has 0 spiro atoms. The lowest BCUT2D eigenvalue weighted by Crippen LogP contribution is -2.14. The molecule has 2 aromatic rings. The molecular formula is C17H20BrNO3S. The summed E-state index contributed by atoms with van der Waals surface area (Å²) in [7, 11) is -2.26. The van der Waals surface area contributed by atoms with Gasteiger partial charge in [0.05, 0.1) is 7.11 Å². The Morgan fingerprint density at radius 3 is 2.43 bits per heavy atom. The maximum atomic E-state index is 12.6. The molecule has 0 aliphatic heterocycles. The van der Waals surface area contributed by atoms with Gasteiger partial charge in [0.15, 0.2) is 0 Å². The number of aryl methyl sites for hydroxylation is 1. The molecule has 4 nitrogen and oxygen atoms in total. The minimum absolute atomic E-state index is 0.101. The second kappa shape index (κ2) is 7.84. The third-order valence-corrected chi connectivity index (χ3v) is 5.34. The SMILES string of the molecule is CCCCc1ccc(NS(=O)(=O)c2cc(Br)ccc2OC)cc1. The van der Waals surface area contributed by atoms with Crippen molar-refractivity contribution in [1.82, 2.24) is 0 Å². The Labute approximate surface area is 146 Å². The predicted molar refractivity (Wildman–Crippen MR) is 96.6 cm³/mol. The van der Waals surface area contributed by atoms with Crippen LogP contribution in [0.4, 0.5) is 5.69 Å². The van der Waals surface area contributed by atoms with Crippen LogP contribution in [-0.2, 0) is 16.4 Å². The fourth-order valence-electron chi connectivity index (χ4n) is 2.19. The zero-order chi connectivity index (χ0) is 16.9. The molecule has 0 aliphatic rings. The summed E-state index contributed by atoms with van der Waals surface area (Å²) in [5, 5.41) is 0. The fraction of sp³-hybridized carbons (Fsp3) is 0.294. The van der Waals surface area contributed by atoms with Crippen LogP contribution in [0.5, 0.6) is 5.75 Å². The van der Waals surface area contributed by atoms with Gasteiger partial charge in [-0.1, -0.05) is 41.4 Å². The summed E-state index contributed by atoms with van der Waals surface area (Å²) in [6, 6.07) is 12.3. The second-order valence-corrected chi connectivity index (χ2v) is 7.77. The highest BCUT2D eigenvalue weighted by molar-refractivity contribution is 9.10. The first-order valence-electron chi connectivity index (χ1n) is 7.41. The van der Waals surface area contributed by atoms with E-state index < -0.39 is 10.0 Å². The van der Waals surface area contributed by atoms with Gasteiger partial charge in [0.1, 0.15) is 10.6 Å². The number of sulfonamides is 1. The van der Waals surface area contributed by atoms with Gasteiger partial charge in [0, 0.05) is 10.2 Å². The molecule has 0 amide bonds. The topological polar surface area (TPSA) is 55.4 Å². The van der Waals surface area contributed by atoms with Crippen LogP contribution in [0.1, 0.15) is 25.3 Å². The first-order chi connectivity index (χ1) is 11.0. The molecule has 0 fully saturated rings. The number of unbranched alkanes of at least 4 members (excludes halogenated alkanes) is 1. The van der Waals surface area contributed by atoms with E-state index in [2.05, 4.69) is 27.6 Å². The molecule has 1 N–H and O–H groups in total. The van der Waals surface area contributed by atoms with Crippen molar-refractivity contribution in [3.63, 3.8) is 0 Å². The highest BCUT2D eigenvalue weighted by Gasteiger charge is 2.20. The number of nitrogens with one attached hydrogen (secondary N) is 1. The molecule has 0 aliphatic carbocycles. The van der Waals surface area contributed by atoms with Crippen LogP contribution < -0.4 is 9.46 Å². The maximum absolute atomic E-state index is 12.6. The molecule has 0 heterocycles. The van der Waals surface area contributed by atoms with E-state index >= 15 is 0 Å². The fourth-order valence-corrected chi connectivity index (χ4v) is 3.96. The summed E-state index contributed by atoms with van der Waals surface area (Å²) in [4.78, 5) is 0.101. The number of anilines is 1. The van der Waals surface area contributed by atoms with E-state index in [4.69, 9.17) is 4.74 Å². The van der Waals surface area contributed by atoms with Crippen molar-refractivity contribution in [2.24, 2.45) is 0 Å². The molecule has 0 unspecified atom stereocenters. The molecule has 0 bridgehead atoms. The van der Waals surface area contributed by atoms with Crippen LogP contribution in [0.25, 0.3) is 0 Å². The molecule has 0 radical (unpaired) electrons. The normalized spacial score (nSPS) is 11.3. The van der Waals surface area contributed by atoms with Crippen molar-refractivity contribution >= 4 is 31.6 Å². The van der Waals surface area contributed by atoms with Gasteiger partial charge in [-0.25, -0.2) is 8.42 Å². The van der Waals surface area contributed by atoms with Crippen molar-refractivity contribution in [3.8, 4) is 5.75 Å². The van der Waals surface area contributed by atoms with E-state index in [1.807, 2.05) is 12.1 Å². The molecule has 0 saturated heterocycles. The number of halogens is 1. The Balaban J connectivity index is 2.23. The summed E-state index contributed by atoms with van der Waals surface area (Å²) in [5.41, 5.74) is 1.74. The zero-order valence-corrected chi connectivity index (χ0v) is 15.6. The predicted octanol–water partition coefficient (Wildman–Crippen LogP) is 4.60. The van der Waals surface area contributed by atoms with Crippen LogP contribution in [0.3, 0.4) is 0 Å². The van der Waals surface area contributed by atoms with E-state index in [0.717, 1.165) is 19.3 Å². The third-order valence-electron chi connectivity index (χ3n) is 3.44. The molecule has 2 aromatic carbocycles. The Hall–Kier alpha value is -1.53. The Kier molecular flexibility index (Phi) is 6.07. The Morgan fingerprint density at radius 1 is 1.13 bits per heavy atom. The van der Waals surface area contributed by atoms with Gasteiger partial charge >= 0.3 is 0 Å². The average molecular weight is 398 g/mol. The van der Waals surface area contributed by atoms with Crippen LogP contribution >= 0.6 is 15.9 Å². The first-order valence-corrected chi connectivity index (χ1v) is 9.69. The molecule has 0 aromatic heterocycles. The monoisotopic (exact) mass is 397 g/mol. The van der Waals surface area contributed by atoms with Crippen LogP contribution in [0, 0.1) is 0 Å². The average Bonchev–Trinajstić information content (AvgIpc) is 2.54. The standard InChI is InChI=1S/C17H20BrNO3S/c1-3-4-5-13-6-9-15(10-7-13)19-23(20,21)17-12-14(18)8-11-16(17)22-2/h6-12,19H,3-5H2,1-2H3. The largest absolute Gasteiger partial charge is 0.495 e.